The van der Waals surface area contributed by atoms with Crippen molar-refractivity contribution in [3.05, 3.63) is 53.6 Å². The molecule has 3 rings (SSSR count). The van der Waals surface area contributed by atoms with Crippen LogP contribution in [-0.2, 0) is 17.6 Å². The van der Waals surface area contributed by atoms with E-state index in [1.54, 1.807) is 0 Å². The lowest BCUT2D eigenvalue weighted by Crippen LogP contribution is -2.20. The van der Waals surface area contributed by atoms with Gasteiger partial charge in [0.25, 0.3) is 5.91 Å². The van der Waals surface area contributed by atoms with Crippen molar-refractivity contribution in [3.8, 4) is 5.75 Å². The number of nitrogens with zero attached hydrogens (tertiary/aromatic N) is 1. The zero-order valence-corrected chi connectivity index (χ0v) is 13.6. The highest BCUT2D eigenvalue weighted by atomic mass is 16.5. The van der Waals surface area contributed by atoms with E-state index in [1.165, 1.54) is 17.5 Å². The van der Waals surface area contributed by atoms with Crippen LogP contribution in [-0.4, -0.2) is 26.6 Å². The van der Waals surface area contributed by atoms with Gasteiger partial charge in [-0.2, -0.15) is 0 Å². The van der Waals surface area contributed by atoms with Gasteiger partial charge in [-0.1, -0.05) is 6.07 Å². The lowest BCUT2D eigenvalue weighted by Gasteiger charge is -2.13. The Morgan fingerprint density at radius 2 is 1.83 bits per heavy atom. The Morgan fingerprint density at radius 1 is 1.09 bits per heavy atom. The molecule has 0 unspecified atom stereocenters. The number of hydrogen-bond donors (Lipinski definition) is 1. The summed E-state index contributed by atoms with van der Waals surface area (Å²) in [6.45, 7) is 0.0220. The standard InChI is InChI=1S/C19H22N2O2/c1-21(2)17-9-7-16(8-10-17)20-19(22)13-23-18-11-6-14-4-3-5-15(14)12-18/h6-12H,3-5,13H2,1-2H3,(H,20,22). The minimum Gasteiger partial charge on any atom is -0.484 e. The fourth-order valence-electron chi connectivity index (χ4n) is 2.83. The molecule has 0 spiro atoms. The van der Waals surface area contributed by atoms with Crippen LogP contribution in [0.15, 0.2) is 42.5 Å². The molecule has 120 valence electrons. The SMILES string of the molecule is CN(C)c1ccc(NC(=O)COc2ccc3c(c2)CCC3)cc1. The van der Waals surface area contributed by atoms with Crippen molar-refractivity contribution in [2.45, 2.75) is 19.3 Å². The number of carbonyl (C=O) groups is 1. The molecule has 0 atom stereocenters. The number of aryl methyl sites for hydroxylation is 2. The van der Waals surface area contributed by atoms with E-state index < -0.39 is 0 Å². The van der Waals surface area contributed by atoms with E-state index >= 15 is 0 Å². The van der Waals surface area contributed by atoms with E-state index in [1.807, 2.05) is 49.3 Å². The molecule has 0 saturated carbocycles. The average molecular weight is 310 g/mol. The fraction of sp³-hybridized carbons (Fsp3) is 0.316. The molecule has 0 radical (unpaired) electrons. The first-order valence-electron chi connectivity index (χ1n) is 7.94. The van der Waals surface area contributed by atoms with Crippen molar-refractivity contribution in [3.63, 3.8) is 0 Å². The Morgan fingerprint density at radius 3 is 2.57 bits per heavy atom. The Kier molecular flexibility index (Phi) is 4.51. The van der Waals surface area contributed by atoms with Gasteiger partial charge < -0.3 is 15.0 Å². The van der Waals surface area contributed by atoms with E-state index in [0.717, 1.165) is 30.0 Å². The highest BCUT2D eigenvalue weighted by Crippen LogP contribution is 2.26. The van der Waals surface area contributed by atoms with Crippen LogP contribution < -0.4 is 15.0 Å². The molecular weight excluding hydrogens is 288 g/mol. The van der Waals surface area contributed by atoms with E-state index in [9.17, 15) is 4.79 Å². The van der Waals surface area contributed by atoms with E-state index in [0.29, 0.717) is 0 Å². The number of anilines is 2. The molecule has 1 amide bonds. The molecule has 1 aliphatic rings. The first-order chi connectivity index (χ1) is 11.1. The Bertz CT molecular complexity index is 693. The van der Waals surface area contributed by atoms with Crippen LogP contribution in [0.25, 0.3) is 0 Å². The van der Waals surface area contributed by atoms with Crippen LogP contribution in [0, 0.1) is 0 Å². The summed E-state index contributed by atoms with van der Waals surface area (Å²) in [5, 5.41) is 2.85. The molecule has 2 aromatic carbocycles. The normalized spacial score (nSPS) is 12.6. The van der Waals surface area contributed by atoms with E-state index in [4.69, 9.17) is 4.74 Å². The van der Waals surface area contributed by atoms with Crippen molar-refractivity contribution in [1.82, 2.24) is 0 Å². The van der Waals surface area contributed by atoms with Gasteiger partial charge in [-0.05, 0) is 66.8 Å². The number of ether oxygens (including phenoxy) is 1. The number of carbonyl (C=O) groups excluding carboxylic acids is 1. The molecule has 2 aromatic rings. The van der Waals surface area contributed by atoms with Crippen LogP contribution in [0.5, 0.6) is 5.75 Å². The lowest BCUT2D eigenvalue weighted by atomic mass is 10.1. The maximum absolute atomic E-state index is 12.0. The Labute approximate surface area is 137 Å². The maximum atomic E-state index is 12.0. The molecule has 0 aromatic heterocycles. The monoisotopic (exact) mass is 310 g/mol. The minimum atomic E-state index is -0.150. The third-order valence-electron chi connectivity index (χ3n) is 4.11. The fourth-order valence-corrected chi connectivity index (χ4v) is 2.83. The zero-order valence-electron chi connectivity index (χ0n) is 13.6. The first-order valence-corrected chi connectivity index (χ1v) is 7.94. The molecule has 1 N–H and O–H groups in total. The summed E-state index contributed by atoms with van der Waals surface area (Å²) in [4.78, 5) is 14.0. The van der Waals surface area contributed by atoms with Crippen molar-refractivity contribution >= 4 is 17.3 Å². The van der Waals surface area contributed by atoms with Gasteiger partial charge in [0.15, 0.2) is 6.61 Å². The van der Waals surface area contributed by atoms with E-state index in [-0.39, 0.29) is 12.5 Å². The average Bonchev–Trinajstić information content (AvgIpc) is 3.01. The summed E-state index contributed by atoms with van der Waals surface area (Å²) in [5.41, 5.74) is 4.63. The Hall–Kier alpha value is -2.49. The molecule has 0 saturated heterocycles. The number of nitrogens with one attached hydrogen (secondary N) is 1. The number of hydrogen-bond acceptors (Lipinski definition) is 3. The summed E-state index contributed by atoms with van der Waals surface area (Å²) < 4.78 is 5.61. The predicted molar refractivity (Wildman–Crippen MR) is 93.4 cm³/mol. The molecule has 4 nitrogen and oxygen atoms in total. The van der Waals surface area contributed by atoms with Crippen molar-refractivity contribution in [2.75, 3.05) is 30.9 Å². The number of amides is 1. The summed E-state index contributed by atoms with van der Waals surface area (Å²) in [5.74, 6) is 0.617. The van der Waals surface area contributed by atoms with Gasteiger partial charge in [-0.15, -0.1) is 0 Å². The van der Waals surface area contributed by atoms with Crippen LogP contribution in [0.3, 0.4) is 0 Å². The van der Waals surface area contributed by atoms with Gasteiger partial charge in [-0.25, -0.2) is 0 Å². The first kappa shape index (κ1) is 15.4. The van der Waals surface area contributed by atoms with Gasteiger partial charge >= 0.3 is 0 Å². The second kappa shape index (κ2) is 6.73. The molecule has 0 heterocycles. The van der Waals surface area contributed by atoms with Crippen molar-refractivity contribution < 1.29 is 9.53 Å². The Balaban J connectivity index is 1.53. The lowest BCUT2D eigenvalue weighted by molar-refractivity contribution is -0.118. The molecule has 0 aliphatic heterocycles. The van der Waals surface area contributed by atoms with Crippen LogP contribution in [0.1, 0.15) is 17.5 Å². The van der Waals surface area contributed by atoms with E-state index in [2.05, 4.69) is 17.4 Å². The van der Waals surface area contributed by atoms with Gasteiger partial charge in [-0.3, -0.25) is 4.79 Å². The van der Waals surface area contributed by atoms with Gasteiger partial charge in [0.1, 0.15) is 5.75 Å². The second-order valence-electron chi connectivity index (χ2n) is 6.06. The molecule has 0 fully saturated rings. The number of fused-ring (bicyclic) bond motifs is 1. The minimum absolute atomic E-state index is 0.0220. The van der Waals surface area contributed by atoms with Gasteiger partial charge in [0.2, 0.25) is 0 Å². The van der Waals surface area contributed by atoms with Gasteiger partial charge in [0.05, 0.1) is 0 Å². The zero-order chi connectivity index (χ0) is 16.2. The summed E-state index contributed by atoms with van der Waals surface area (Å²) in [7, 11) is 3.97. The highest BCUT2D eigenvalue weighted by Gasteiger charge is 2.12. The van der Waals surface area contributed by atoms with Gasteiger partial charge in [0, 0.05) is 25.5 Å². The topological polar surface area (TPSA) is 41.6 Å². The predicted octanol–water partition coefficient (Wildman–Crippen LogP) is 3.26. The summed E-state index contributed by atoms with van der Waals surface area (Å²) in [6.07, 6.45) is 3.47. The van der Waals surface area contributed by atoms with Crippen molar-refractivity contribution in [1.29, 1.82) is 0 Å². The second-order valence-corrected chi connectivity index (χ2v) is 6.06. The van der Waals surface area contributed by atoms with Crippen LogP contribution in [0.4, 0.5) is 11.4 Å². The molecule has 23 heavy (non-hydrogen) atoms. The smallest absolute Gasteiger partial charge is 0.262 e. The molecule has 1 aliphatic carbocycles. The molecule has 0 bridgehead atoms. The highest BCUT2D eigenvalue weighted by molar-refractivity contribution is 5.92. The number of benzene rings is 2. The third kappa shape index (κ3) is 3.83. The van der Waals surface area contributed by atoms with Crippen LogP contribution >= 0.6 is 0 Å². The molecule has 4 heteroatoms. The molecular formula is C19H22N2O2. The quantitative estimate of drug-likeness (QED) is 0.921. The summed E-state index contributed by atoms with van der Waals surface area (Å²) >= 11 is 0. The summed E-state index contributed by atoms with van der Waals surface area (Å²) in [6, 6.07) is 13.8. The maximum Gasteiger partial charge on any atom is 0.262 e. The van der Waals surface area contributed by atoms with Crippen LogP contribution in [0.2, 0.25) is 0 Å². The third-order valence-corrected chi connectivity index (χ3v) is 4.11. The number of rotatable bonds is 5. The van der Waals surface area contributed by atoms with Crippen molar-refractivity contribution in [2.24, 2.45) is 0 Å². The largest absolute Gasteiger partial charge is 0.484 e.